The molecule has 76 heavy (non-hydrogen) atoms. The molecule has 7 aromatic rings. The van der Waals surface area contributed by atoms with Crippen LogP contribution in [0.5, 0.6) is 0 Å². The van der Waals surface area contributed by atoms with Crippen molar-refractivity contribution in [2.75, 3.05) is 45.8 Å². The maximum absolute atomic E-state index is 13.8. The summed E-state index contributed by atoms with van der Waals surface area (Å²) in [6.07, 6.45) is 0.816. The quantitative estimate of drug-likeness (QED) is 0.0753. The van der Waals surface area contributed by atoms with E-state index >= 15 is 0 Å². The number of rotatable bonds is 16. The molecule has 3 atom stereocenters. The second-order valence-corrected chi connectivity index (χ2v) is 17.5. The molecule has 0 aromatic heterocycles. The molecule has 19 nitrogen and oxygen atoms in total. The Morgan fingerprint density at radius 2 is 0.987 bits per heavy atom. The Kier molecular flexibility index (Phi) is 16.6. The van der Waals surface area contributed by atoms with E-state index in [4.69, 9.17) is 9.84 Å². The number of aldehydes is 1. The molecule has 0 fully saturated rings. The van der Waals surface area contributed by atoms with Crippen molar-refractivity contribution < 1.29 is 57.8 Å². The normalized spacial score (nSPS) is 15.3. The van der Waals surface area contributed by atoms with Crippen LogP contribution in [0.2, 0.25) is 0 Å². The maximum Gasteiger partial charge on any atom is 0.326 e. The van der Waals surface area contributed by atoms with Crippen LogP contribution in [0.1, 0.15) is 32.7 Å². The number of fused-ring (bicyclic) bond motifs is 4. The summed E-state index contributed by atoms with van der Waals surface area (Å²) in [6, 6.07) is 44.1. The summed E-state index contributed by atoms with van der Waals surface area (Å²) in [4.78, 5) is 131. The number of ether oxygens (including phenoxy) is 1. The average molecular weight is 1020 g/mol. The van der Waals surface area contributed by atoms with E-state index in [2.05, 4.69) is 16.0 Å². The van der Waals surface area contributed by atoms with Crippen LogP contribution in [-0.2, 0) is 49.7 Å². The highest BCUT2D eigenvalue weighted by atomic mass is 16.5. The number of para-hydroxylation sites is 4. The molecule has 384 valence electrons. The minimum Gasteiger partial charge on any atom is -0.481 e. The van der Waals surface area contributed by atoms with Crippen molar-refractivity contribution in [1.82, 2.24) is 16.0 Å². The summed E-state index contributed by atoms with van der Waals surface area (Å²) >= 11 is 0. The molecule has 0 bridgehead atoms. The Morgan fingerprint density at radius 1 is 0.553 bits per heavy atom. The Labute approximate surface area is 434 Å². The second kappa shape index (κ2) is 24.1. The first-order chi connectivity index (χ1) is 36.9. The first kappa shape index (κ1) is 52.3. The van der Waals surface area contributed by atoms with E-state index in [1.807, 2.05) is 78.9 Å². The summed E-state index contributed by atoms with van der Waals surface area (Å²) in [5.74, 6) is -4.86. The molecule has 2 heterocycles. The van der Waals surface area contributed by atoms with Crippen molar-refractivity contribution in [2.45, 2.75) is 31.2 Å². The number of amides is 7. The van der Waals surface area contributed by atoms with E-state index in [0.29, 0.717) is 52.7 Å². The van der Waals surface area contributed by atoms with Gasteiger partial charge in [0.05, 0.1) is 48.3 Å². The van der Waals surface area contributed by atoms with E-state index in [9.17, 15) is 47.9 Å². The van der Waals surface area contributed by atoms with E-state index in [1.165, 1.54) is 14.7 Å². The van der Waals surface area contributed by atoms with E-state index in [0.717, 1.165) is 26.6 Å². The number of anilines is 4. The Hall–Kier alpha value is -10.0. The molecule has 2 aliphatic heterocycles. The van der Waals surface area contributed by atoms with E-state index in [1.54, 1.807) is 84.9 Å². The molecule has 0 saturated heterocycles. The molecule has 7 amide bonds. The number of carbonyl (C=O) groups is 10. The lowest BCUT2D eigenvalue weighted by Gasteiger charge is -2.25. The van der Waals surface area contributed by atoms with Gasteiger partial charge in [0.25, 0.3) is 23.6 Å². The predicted molar refractivity (Wildman–Crippen MR) is 281 cm³/mol. The number of benzene rings is 7. The van der Waals surface area contributed by atoms with Crippen LogP contribution >= 0.6 is 0 Å². The minimum atomic E-state index is -1.29. The summed E-state index contributed by atoms with van der Waals surface area (Å²) in [5, 5.41) is 19.9. The van der Waals surface area contributed by atoms with Crippen molar-refractivity contribution in [3.05, 3.63) is 180 Å². The molecule has 9 rings (SSSR count). The average Bonchev–Trinajstić information content (AvgIpc) is 3.64. The van der Waals surface area contributed by atoms with Crippen molar-refractivity contribution in [3.63, 3.8) is 0 Å². The molecular formula is C57H49N7O12. The molecule has 0 radical (unpaired) electrons. The fraction of sp³-hybridized carbons (Fsp3) is 0.158. The van der Waals surface area contributed by atoms with Gasteiger partial charge in [-0.15, -0.1) is 0 Å². The van der Waals surface area contributed by atoms with Crippen LogP contribution in [0, 0.1) is 0 Å². The number of hydrogen-bond acceptors (Lipinski definition) is 11. The molecule has 19 heteroatoms. The smallest absolute Gasteiger partial charge is 0.326 e. The van der Waals surface area contributed by atoms with Gasteiger partial charge in [-0.1, -0.05) is 127 Å². The lowest BCUT2D eigenvalue weighted by Crippen LogP contribution is -2.54. The van der Waals surface area contributed by atoms with E-state index in [-0.39, 0.29) is 31.9 Å². The van der Waals surface area contributed by atoms with Gasteiger partial charge < -0.3 is 40.4 Å². The van der Waals surface area contributed by atoms with Crippen molar-refractivity contribution in [2.24, 2.45) is 0 Å². The third-order valence-corrected chi connectivity index (χ3v) is 12.5. The standard InChI is InChI=1S/C30H25N3O5.C27H24N4O7/c34-20-32-17-25(31-29(36)24-14-8-12-22-11-4-5-13-23(22)24)30(37)33(27-16-7-6-15-26(27)32)18-28(35)38-19-21-9-2-1-3-10-21;32-15-18(12-25(35)36)28-24(34)14-31-23-11-4-3-10-22(23)30(16-33)13-21(27(31)38)29-26(37)20-9-5-7-17-6-1-2-8-19(17)20/h1-16,20,25H,17-19H2,(H,31,36);1-11,15-16,18,21H,12-14H2,(H,28,34)(H,29,37)(H,35,36)/t25-;18-,21-/m00/s1. The molecule has 2 aliphatic rings. The van der Waals surface area contributed by atoms with Gasteiger partial charge in [0, 0.05) is 11.1 Å². The maximum atomic E-state index is 13.8. The number of aliphatic carboxylic acids is 1. The molecule has 0 aliphatic carbocycles. The summed E-state index contributed by atoms with van der Waals surface area (Å²) in [5.41, 5.74) is 2.96. The Morgan fingerprint density at radius 3 is 1.46 bits per heavy atom. The number of esters is 1. The predicted octanol–water partition coefficient (Wildman–Crippen LogP) is 4.80. The minimum absolute atomic E-state index is 0.0606. The van der Waals surface area contributed by atoms with Crippen LogP contribution in [0.3, 0.4) is 0 Å². The van der Waals surface area contributed by atoms with Gasteiger partial charge in [0.2, 0.25) is 18.7 Å². The third kappa shape index (κ3) is 12.1. The molecule has 0 saturated carbocycles. The summed E-state index contributed by atoms with van der Waals surface area (Å²) in [7, 11) is 0. The zero-order valence-electron chi connectivity index (χ0n) is 40.5. The second-order valence-electron chi connectivity index (χ2n) is 17.5. The van der Waals surface area contributed by atoms with Crippen LogP contribution < -0.4 is 35.6 Å². The highest BCUT2D eigenvalue weighted by Gasteiger charge is 2.38. The van der Waals surface area contributed by atoms with Gasteiger partial charge in [-0.2, -0.15) is 0 Å². The summed E-state index contributed by atoms with van der Waals surface area (Å²) < 4.78 is 5.42. The van der Waals surface area contributed by atoms with Gasteiger partial charge in [-0.25, -0.2) is 0 Å². The Bertz CT molecular complexity index is 3360. The molecule has 0 spiro atoms. The molecule has 7 aromatic carbocycles. The highest BCUT2D eigenvalue weighted by Crippen LogP contribution is 2.34. The van der Waals surface area contributed by atoms with Gasteiger partial charge in [0.1, 0.15) is 38.1 Å². The van der Waals surface area contributed by atoms with Crippen LogP contribution in [0.25, 0.3) is 21.5 Å². The lowest BCUT2D eigenvalue weighted by atomic mass is 10.0. The van der Waals surface area contributed by atoms with Crippen LogP contribution in [0.15, 0.2) is 164 Å². The number of hydrogen-bond donors (Lipinski definition) is 4. The monoisotopic (exact) mass is 1020 g/mol. The molecule has 0 unspecified atom stereocenters. The summed E-state index contributed by atoms with van der Waals surface area (Å²) in [6.45, 7) is -1.18. The number of carbonyl (C=O) groups excluding carboxylic acids is 9. The fourth-order valence-corrected chi connectivity index (χ4v) is 8.92. The Balaban J connectivity index is 0.000000201. The number of carboxylic acid groups (broad SMARTS) is 1. The van der Waals surface area contributed by atoms with Crippen molar-refractivity contribution in [1.29, 1.82) is 0 Å². The first-order valence-electron chi connectivity index (χ1n) is 23.8. The topological polar surface area (TPSA) is 249 Å². The highest BCUT2D eigenvalue weighted by molar-refractivity contribution is 6.13. The van der Waals surface area contributed by atoms with Gasteiger partial charge in [0.15, 0.2) is 0 Å². The molecular weight excluding hydrogens is 975 g/mol. The molecule has 4 N–H and O–H groups in total. The SMILES string of the molecule is O=CN1C[C@H](NC(=O)c2cccc3ccccc23)C(=O)N(CC(=O)OCc2ccccc2)c2ccccc21.O=C[C@H](CC(=O)O)NC(=O)CN1C(=O)[C@@H](NC(=O)c2cccc3ccccc23)CN(C=O)c2ccccc21. The number of nitrogens with zero attached hydrogens (tertiary/aromatic N) is 4. The first-order valence-corrected chi connectivity index (χ1v) is 23.8. The van der Waals surface area contributed by atoms with Crippen LogP contribution in [-0.4, -0.2) is 110 Å². The number of nitrogens with one attached hydrogen (secondary N) is 3. The van der Waals surface area contributed by atoms with Crippen molar-refractivity contribution in [3.8, 4) is 0 Å². The third-order valence-electron chi connectivity index (χ3n) is 12.5. The van der Waals surface area contributed by atoms with Crippen LogP contribution in [0.4, 0.5) is 22.7 Å². The van der Waals surface area contributed by atoms with Gasteiger partial charge in [-0.05, 0) is 63.5 Å². The van der Waals surface area contributed by atoms with Crippen molar-refractivity contribution >= 4 is 105 Å². The van der Waals surface area contributed by atoms with Gasteiger partial charge >= 0.3 is 11.9 Å². The van der Waals surface area contributed by atoms with Gasteiger partial charge in [-0.3, -0.25) is 53.0 Å². The number of carboxylic acids is 1. The van der Waals surface area contributed by atoms with E-state index < -0.39 is 72.6 Å². The zero-order chi connectivity index (χ0) is 53.7. The fourth-order valence-electron chi connectivity index (χ4n) is 8.92. The zero-order valence-corrected chi connectivity index (χ0v) is 40.5. The largest absolute Gasteiger partial charge is 0.481 e. The lowest BCUT2D eigenvalue weighted by molar-refractivity contribution is -0.144.